The van der Waals surface area contributed by atoms with Crippen molar-refractivity contribution in [2.45, 2.75) is 44.1 Å². The maximum absolute atomic E-state index is 14.2. The van der Waals surface area contributed by atoms with Crippen LogP contribution in [0.2, 0.25) is 0 Å². The molecule has 0 heterocycles. The Kier molecular flexibility index (Phi) is 5.72. The monoisotopic (exact) mass is 395 g/mol. The van der Waals surface area contributed by atoms with Crippen molar-refractivity contribution in [2.75, 3.05) is 12.4 Å². The van der Waals surface area contributed by atoms with E-state index in [0.29, 0.717) is 18.8 Å². The topological polar surface area (TPSA) is 92.7 Å². The highest BCUT2D eigenvalue weighted by Crippen LogP contribution is 2.36. The summed E-state index contributed by atoms with van der Waals surface area (Å²) in [6, 6.07) is 3.53. The van der Waals surface area contributed by atoms with Gasteiger partial charge in [-0.3, -0.25) is 0 Å². The molecular weight excluding hydrogens is 375 g/mol. The first kappa shape index (κ1) is 19.6. The van der Waals surface area contributed by atoms with Gasteiger partial charge in [0.2, 0.25) is 0 Å². The van der Waals surface area contributed by atoms with Gasteiger partial charge in [0.25, 0.3) is 0 Å². The lowest BCUT2D eigenvalue weighted by Crippen LogP contribution is -2.31. The number of esters is 1. The van der Waals surface area contributed by atoms with Crippen LogP contribution in [0.5, 0.6) is 5.75 Å². The normalized spacial score (nSPS) is 18.4. The third-order valence-electron chi connectivity index (χ3n) is 4.53. The standard InChI is InChI=1S/C19H21FO6S/c20-16-6-5-15(18(21)25-11-12-27(22,23)24)13-17(16)26-19(8-1-2-9-19)10-7-14-3-4-14/h5-6,13-14H,1-4,8-9,11-12H2,(H,22,23,24)/p-1. The van der Waals surface area contributed by atoms with Gasteiger partial charge in [-0.15, -0.1) is 0 Å². The molecular formula is C19H20FO6S-. The van der Waals surface area contributed by atoms with Crippen LogP contribution in [0.25, 0.3) is 0 Å². The third kappa shape index (κ3) is 5.68. The van der Waals surface area contributed by atoms with Gasteiger partial charge in [-0.2, -0.15) is 0 Å². The van der Waals surface area contributed by atoms with E-state index < -0.39 is 39.9 Å². The number of halogens is 1. The average molecular weight is 395 g/mol. The summed E-state index contributed by atoms with van der Waals surface area (Å²) in [4.78, 5) is 12.0. The number of carbonyl (C=O) groups excluding carboxylic acids is 1. The predicted octanol–water partition coefficient (Wildman–Crippen LogP) is 2.63. The van der Waals surface area contributed by atoms with Gasteiger partial charge in [-0.25, -0.2) is 17.6 Å². The number of benzene rings is 1. The Labute approximate surface area is 157 Å². The molecule has 0 unspecified atom stereocenters. The van der Waals surface area contributed by atoms with Crippen LogP contribution in [0.4, 0.5) is 4.39 Å². The molecule has 1 aromatic carbocycles. The van der Waals surface area contributed by atoms with Crippen LogP contribution in [-0.4, -0.2) is 36.9 Å². The van der Waals surface area contributed by atoms with Crippen molar-refractivity contribution in [3.63, 3.8) is 0 Å². The summed E-state index contributed by atoms with van der Waals surface area (Å²) in [5, 5.41) is 0. The first-order chi connectivity index (χ1) is 12.8. The van der Waals surface area contributed by atoms with Crippen LogP contribution in [0, 0.1) is 23.6 Å². The van der Waals surface area contributed by atoms with E-state index >= 15 is 0 Å². The molecule has 0 aliphatic heterocycles. The fourth-order valence-corrected chi connectivity index (χ4v) is 3.19. The van der Waals surface area contributed by atoms with E-state index in [2.05, 4.69) is 11.8 Å². The van der Waals surface area contributed by atoms with E-state index in [-0.39, 0.29) is 11.3 Å². The van der Waals surface area contributed by atoms with Gasteiger partial charge in [0, 0.05) is 5.92 Å². The van der Waals surface area contributed by atoms with Crippen molar-refractivity contribution in [2.24, 2.45) is 5.92 Å². The fraction of sp³-hybridized carbons (Fsp3) is 0.526. The Morgan fingerprint density at radius 3 is 2.63 bits per heavy atom. The summed E-state index contributed by atoms with van der Waals surface area (Å²) in [7, 11) is -4.48. The summed E-state index contributed by atoms with van der Waals surface area (Å²) in [5.41, 5.74) is -0.735. The number of carbonyl (C=O) groups is 1. The van der Waals surface area contributed by atoms with Gasteiger partial charge in [-0.1, -0.05) is 11.8 Å². The lowest BCUT2D eigenvalue weighted by atomic mass is 10.0. The summed E-state index contributed by atoms with van der Waals surface area (Å²) in [6.45, 7) is -0.560. The molecule has 3 rings (SSSR count). The van der Waals surface area contributed by atoms with Crippen molar-refractivity contribution in [3.8, 4) is 17.6 Å². The second kappa shape index (κ2) is 7.87. The number of hydrogen-bond donors (Lipinski definition) is 0. The number of ether oxygens (including phenoxy) is 2. The van der Waals surface area contributed by atoms with Crippen molar-refractivity contribution in [1.29, 1.82) is 0 Å². The highest BCUT2D eigenvalue weighted by molar-refractivity contribution is 7.85. The van der Waals surface area contributed by atoms with Crippen LogP contribution >= 0.6 is 0 Å². The SMILES string of the molecule is O=C(OCCS(=O)(=O)[O-])c1ccc(F)c(OC2(C#CC3CC3)CCCC2)c1. The smallest absolute Gasteiger partial charge is 0.338 e. The molecule has 0 atom stereocenters. The maximum Gasteiger partial charge on any atom is 0.338 e. The predicted molar refractivity (Wildman–Crippen MR) is 93.6 cm³/mol. The zero-order valence-corrected chi connectivity index (χ0v) is 15.5. The van der Waals surface area contributed by atoms with Crippen LogP contribution < -0.4 is 4.74 Å². The summed E-state index contributed by atoms with van der Waals surface area (Å²) < 4.78 is 56.6. The van der Waals surface area contributed by atoms with E-state index in [1.165, 1.54) is 12.1 Å². The van der Waals surface area contributed by atoms with Crippen LogP contribution in [-0.2, 0) is 14.9 Å². The molecule has 0 radical (unpaired) electrons. The molecule has 0 saturated heterocycles. The zero-order valence-electron chi connectivity index (χ0n) is 14.7. The van der Waals surface area contributed by atoms with E-state index in [4.69, 9.17) is 9.47 Å². The molecule has 0 spiro atoms. The molecule has 6 nitrogen and oxygen atoms in total. The second-order valence-corrected chi connectivity index (χ2v) is 8.41. The van der Waals surface area contributed by atoms with Gasteiger partial charge >= 0.3 is 5.97 Å². The minimum Gasteiger partial charge on any atom is -0.748 e. The minimum absolute atomic E-state index is 0.0120. The van der Waals surface area contributed by atoms with Crippen molar-refractivity contribution < 1.29 is 31.6 Å². The Morgan fingerprint density at radius 1 is 1.30 bits per heavy atom. The molecule has 27 heavy (non-hydrogen) atoms. The highest BCUT2D eigenvalue weighted by atomic mass is 32.2. The first-order valence-corrected chi connectivity index (χ1v) is 10.5. The lowest BCUT2D eigenvalue weighted by molar-refractivity contribution is 0.0526. The van der Waals surface area contributed by atoms with Gasteiger partial charge in [0.05, 0.1) is 21.4 Å². The molecule has 0 N–H and O–H groups in total. The van der Waals surface area contributed by atoms with Crippen LogP contribution in [0.3, 0.4) is 0 Å². The summed E-state index contributed by atoms with van der Waals surface area (Å²) >= 11 is 0. The number of hydrogen-bond acceptors (Lipinski definition) is 6. The van der Waals surface area contributed by atoms with Gasteiger partial charge < -0.3 is 14.0 Å². The molecule has 2 fully saturated rings. The highest BCUT2D eigenvalue weighted by Gasteiger charge is 2.36. The molecule has 2 saturated carbocycles. The van der Waals surface area contributed by atoms with E-state index in [0.717, 1.165) is 31.7 Å². The molecule has 2 aliphatic rings. The van der Waals surface area contributed by atoms with Crippen LogP contribution in [0.15, 0.2) is 18.2 Å². The third-order valence-corrected chi connectivity index (χ3v) is 5.20. The van der Waals surface area contributed by atoms with Crippen molar-refractivity contribution in [1.82, 2.24) is 0 Å². The Balaban J connectivity index is 1.72. The second-order valence-electron chi connectivity index (χ2n) is 6.89. The Bertz CT molecular complexity index is 873. The van der Waals surface area contributed by atoms with E-state index in [9.17, 15) is 22.2 Å². The zero-order chi connectivity index (χ0) is 19.5. The van der Waals surface area contributed by atoms with Crippen molar-refractivity contribution in [3.05, 3.63) is 29.6 Å². The molecule has 146 valence electrons. The van der Waals surface area contributed by atoms with Gasteiger partial charge in [0.1, 0.15) is 6.61 Å². The lowest BCUT2D eigenvalue weighted by Gasteiger charge is -2.25. The molecule has 2 aliphatic carbocycles. The summed E-state index contributed by atoms with van der Waals surface area (Å²) in [5.74, 6) is 4.38. The van der Waals surface area contributed by atoms with E-state index in [1.807, 2.05) is 0 Å². The van der Waals surface area contributed by atoms with E-state index in [1.54, 1.807) is 0 Å². The molecule has 0 bridgehead atoms. The molecule has 0 aromatic heterocycles. The number of rotatable bonds is 6. The quantitative estimate of drug-likeness (QED) is 0.418. The first-order valence-electron chi connectivity index (χ1n) is 8.88. The maximum atomic E-state index is 14.2. The van der Waals surface area contributed by atoms with Gasteiger partial charge in [-0.05, 0) is 56.7 Å². The Morgan fingerprint density at radius 2 is 2.00 bits per heavy atom. The Hall–Kier alpha value is -2.11. The average Bonchev–Trinajstić information content (AvgIpc) is 3.32. The largest absolute Gasteiger partial charge is 0.748 e. The van der Waals surface area contributed by atoms with Crippen LogP contribution in [0.1, 0.15) is 48.9 Å². The minimum atomic E-state index is -4.48. The van der Waals surface area contributed by atoms with Crippen molar-refractivity contribution >= 4 is 16.1 Å². The van der Waals surface area contributed by atoms with Gasteiger partial charge in [0.15, 0.2) is 17.2 Å². The molecule has 0 amide bonds. The fourth-order valence-electron chi connectivity index (χ4n) is 2.90. The summed E-state index contributed by atoms with van der Waals surface area (Å²) in [6.07, 6.45) is 5.43. The molecule has 1 aromatic rings. The molecule has 8 heteroatoms.